The third kappa shape index (κ3) is 2.26. The molecule has 0 aromatic heterocycles. The van der Waals surface area contributed by atoms with Gasteiger partial charge in [-0.05, 0) is 12.0 Å². The minimum atomic E-state index is 0.966. The van der Waals surface area contributed by atoms with Gasteiger partial charge in [-0.15, -0.1) is 0 Å². The lowest BCUT2D eigenvalue weighted by molar-refractivity contribution is 0.377. The van der Waals surface area contributed by atoms with Crippen LogP contribution in [-0.4, -0.2) is 11.4 Å². The molecule has 66 valence electrons. The Bertz CT molecular complexity index is 318. The van der Waals surface area contributed by atoms with E-state index in [0.29, 0.717) is 0 Å². The summed E-state index contributed by atoms with van der Waals surface area (Å²) >= 11 is 0. The van der Waals surface area contributed by atoms with Crippen LogP contribution in [0.15, 0.2) is 30.3 Å². The van der Waals surface area contributed by atoms with Crippen molar-refractivity contribution in [2.75, 3.05) is 6.54 Å². The molecule has 1 aromatic carbocycles. The smallest absolute Gasteiger partial charge is 0.0511 e. The summed E-state index contributed by atoms with van der Waals surface area (Å²) in [7, 11) is 0. The van der Waals surface area contributed by atoms with E-state index in [-0.39, 0.29) is 0 Å². The van der Waals surface area contributed by atoms with Crippen LogP contribution < -0.4 is 0 Å². The quantitative estimate of drug-likeness (QED) is 0.617. The Morgan fingerprint density at radius 3 is 2.77 bits per heavy atom. The molecular formula is C12H13N. The molecule has 0 saturated carbocycles. The third-order valence-corrected chi connectivity index (χ3v) is 2.18. The Balaban J connectivity index is 2.00. The number of rotatable bonds is 2. The Morgan fingerprint density at radius 2 is 2.08 bits per heavy atom. The topological polar surface area (TPSA) is 3.24 Å². The van der Waals surface area contributed by atoms with Gasteiger partial charge in [0.2, 0.25) is 0 Å². The monoisotopic (exact) mass is 171 g/mol. The van der Waals surface area contributed by atoms with E-state index in [2.05, 4.69) is 41.1 Å². The molecule has 1 aliphatic rings. The average Bonchev–Trinajstić information content (AvgIpc) is 2.21. The molecule has 0 bridgehead atoms. The Labute approximate surface area is 79.4 Å². The van der Waals surface area contributed by atoms with E-state index < -0.39 is 0 Å². The van der Waals surface area contributed by atoms with Crippen LogP contribution in [0.3, 0.4) is 0 Å². The van der Waals surface area contributed by atoms with Crippen LogP contribution in [0.1, 0.15) is 18.4 Å². The van der Waals surface area contributed by atoms with Crippen molar-refractivity contribution in [2.24, 2.45) is 0 Å². The lowest BCUT2D eigenvalue weighted by atomic mass is 10.2. The summed E-state index contributed by atoms with van der Waals surface area (Å²) in [5.74, 6) is 3.13. The number of hydrogen-bond donors (Lipinski definition) is 0. The maximum absolute atomic E-state index is 3.15. The molecule has 1 heterocycles. The van der Waals surface area contributed by atoms with Crippen molar-refractivity contribution in [3.8, 4) is 12.0 Å². The highest BCUT2D eigenvalue weighted by Gasteiger charge is 2.03. The van der Waals surface area contributed by atoms with Crippen molar-refractivity contribution < 1.29 is 0 Å². The Kier molecular flexibility index (Phi) is 2.52. The predicted octanol–water partition coefficient (Wildman–Crippen LogP) is 2.24. The van der Waals surface area contributed by atoms with Crippen LogP contribution in [0.4, 0.5) is 0 Å². The first-order valence-corrected chi connectivity index (χ1v) is 4.72. The minimum absolute atomic E-state index is 0.966. The van der Waals surface area contributed by atoms with Crippen LogP contribution in [0.25, 0.3) is 0 Å². The second-order valence-electron chi connectivity index (χ2n) is 3.30. The molecule has 0 aliphatic carbocycles. The van der Waals surface area contributed by atoms with Crippen LogP contribution in [0.2, 0.25) is 0 Å². The lowest BCUT2D eigenvalue weighted by Crippen LogP contribution is -2.20. The molecule has 2 rings (SSSR count). The molecule has 0 amide bonds. The van der Waals surface area contributed by atoms with Gasteiger partial charge < -0.3 is 4.90 Å². The summed E-state index contributed by atoms with van der Waals surface area (Å²) in [4.78, 5) is 2.19. The number of benzene rings is 1. The maximum Gasteiger partial charge on any atom is 0.0511 e. The first kappa shape index (κ1) is 8.19. The summed E-state index contributed by atoms with van der Waals surface area (Å²) in [6.45, 7) is 2.08. The van der Waals surface area contributed by atoms with Crippen molar-refractivity contribution >= 4 is 0 Å². The number of nitrogens with zero attached hydrogens (tertiary/aromatic N) is 1. The van der Waals surface area contributed by atoms with Crippen molar-refractivity contribution in [2.45, 2.75) is 19.4 Å². The molecular weight excluding hydrogens is 158 g/mol. The normalized spacial score (nSPS) is 14.9. The molecule has 0 atom stereocenters. The molecule has 1 nitrogen and oxygen atoms in total. The summed E-state index contributed by atoms with van der Waals surface area (Å²) < 4.78 is 0. The van der Waals surface area contributed by atoms with Gasteiger partial charge in [-0.1, -0.05) is 36.3 Å². The van der Waals surface area contributed by atoms with Gasteiger partial charge in [-0.2, -0.15) is 0 Å². The van der Waals surface area contributed by atoms with Crippen LogP contribution in [0, 0.1) is 12.0 Å². The summed E-state index contributed by atoms with van der Waals surface area (Å²) in [6.07, 6.45) is 2.27. The predicted molar refractivity (Wildman–Crippen MR) is 53.9 cm³/mol. The largest absolute Gasteiger partial charge is 0.328 e. The van der Waals surface area contributed by atoms with Gasteiger partial charge in [0.1, 0.15) is 0 Å². The van der Waals surface area contributed by atoms with Crippen LogP contribution in [0.5, 0.6) is 0 Å². The molecule has 0 spiro atoms. The number of hydrogen-bond acceptors (Lipinski definition) is 1. The van der Waals surface area contributed by atoms with Crippen molar-refractivity contribution in [1.29, 1.82) is 0 Å². The molecule has 1 aromatic rings. The fourth-order valence-electron chi connectivity index (χ4n) is 1.50. The zero-order chi connectivity index (χ0) is 8.93. The highest BCUT2D eigenvalue weighted by Crippen LogP contribution is 2.06. The Hall–Kier alpha value is -1.42. The molecule has 0 radical (unpaired) electrons. The van der Waals surface area contributed by atoms with Crippen molar-refractivity contribution in [3.05, 3.63) is 35.9 Å². The van der Waals surface area contributed by atoms with E-state index in [9.17, 15) is 0 Å². The van der Waals surface area contributed by atoms with E-state index in [4.69, 9.17) is 0 Å². The standard InChI is InChI=1S/C12H13N/c1-3-7-12(8-4-1)11-13-9-5-2-6-10-13/h1,3-4,7-8H,2,5,9,11H2. The van der Waals surface area contributed by atoms with Crippen molar-refractivity contribution in [3.63, 3.8) is 0 Å². The fourth-order valence-corrected chi connectivity index (χ4v) is 1.50. The minimum Gasteiger partial charge on any atom is -0.328 e. The van der Waals surface area contributed by atoms with E-state index in [1.54, 1.807) is 0 Å². The van der Waals surface area contributed by atoms with Crippen molar-refractivity contribution in [1.82, 2.24) is 4.90 Å². The zero-order valence-corrected chi connectivity index (χ0v) is 7.66. The first-order chi connectivity index (χ1) is 6.45. The second kappa shape index (κ2) is 4.00. The van der Waals surface area contributed by atoms with Gasteiger partial charge in [0.25, 0.3) is 0 Å². The highest BCUT2D eigenvalue weighted by molar-refractivity contribution is 5.16. The Morgan fingerprint density at radius 1 is 1.23 bits per heavy atom. The molecule has 1 heteroatoms. The maximum atomic E-state index is 3.15. The summed E-state index contributed by atoms with van der Waals surface area (Å²) in [5.41, 5.74) is 1.35. The molecule has 13 heavy (non-hydrogen) atoms. The molecule has 1 aliphatic heterocycles. The average molecular weight is 171 g/mol. The second-order valence-corrected chi connectivity index (χ2v) is 3.30. The van der Waals surface area contributed by atoms with Crippen LogP contribution >= 0.6 is 0 Å². The molecule has 0 fully saturated rings. The lowest BCUT2D eigenvalue weighted by Gasteiger charge is -2.19. The molecule has 0 saturated heterocycles. The van der Waals surface area contributed by atoms with Gasteiger partial charge in [0.15, 0.2) is 0 Å². The van der Waals surface area contributed by atoms with Crippen LogP contribution in [-0.2, 0) is 6.54 Å². The van der Waals surface area contributed by atoms with Gasteiger partial charge in [-0.25, -0.2) is 0 Å². The SMILES string of the molecule is C1#CN(Cc2ccccc2)CCC1. The molecule has 0 unspecified atom stereocenters. The molecule has 0 N–H and O–H groups in total. The van der Waals surface area contributed by atoms with Gasteiger partial charge in [-0.3, -0.25) is 0 Å². The first-order valence-electron chi connectivity index (χ1n) is 4.72. The zero-order valence-electron chi connectivity index (χ0n) is 7.66. The van der Waals surface area contributed by atoms with Gasteiger partial charge in [0.05, 0.1) is 6.54 Å². The third-order valence-electron chi connectivity index (χ3n) is 2.18. The fraction of sp³-hybridized carbons (Fsp3) is 0.333. The van der Waals surface area contributed by atoms with E-state index in [0.717, 1.165) is 19.5 Å². The van der Waals surface area contributed by atoms with Gasteiger partial charge in [0, 0.05) is 19.0 Å². The van der Waals surface area contributed by atoms with Gasteiger partial charge >= 0.3 is 0 Å². The highest BCUT2D eigenvalue weighted by atomic mass is 15.1. The van der Waals surface area contributed by atoms with E-state index >= 15 is 0 Å². The van der Waals surface area contributed by atoms with E-state index in [1.807, 2.05) is 6.07 Å². The summed E-state index contributed by atoms with van der Waals surface area (Å²) in [6, 6.07) is 13.6. The van der Waals surface area contributed by atoms with E-state index in [1.165, 1.54) is 12.0 Å². The summed E-state index contributed by atoms with van der Waals surface area (Å²) in [5, 5.41) is 0.